The second kappa shape index (κ2) is 9.13. The summed E-state index contributed by atoms with van der Waals surface area (Å²) in [6, 6.07) is 0. The third-order valence-electron chi connectivity index (χ3n) is 5.73. The number of thioether (sulfide) groups is 1. The molecule has 1 unspecified atom stereocenters. The number of guanidine groups is 1. The number of nitrogens with zero attached hydrogens (tertiary/aromatic N) is 3. The van der Waals surface area contributed by atoms with Crippen LogP contribution in [0, 0.1) is 5.92 Å². The van der Waals surface area contributed by atoms with E-state index in [2.05, 4.69) is 28.5 Å². The SMILES string of the molecule is CC1CCCN(C(N)=NCC2(N3CCSCC3)CCCC2)C1.I. The van der Waals surface area contributed by atoms with Crippen molar-refractivity contribution < 1.29 is 0 Å². The first-order valence-electron chi connectivity index (χ1n) is 9.07. The minimum Gasteiger partial charge on any atom is -0.370 e. The molecular formula is C17H33IN4S. The Hall–Kier alpha value is 0.310. The van der Waals surface area contributed by atoms with Crippen LogP contribution in [0.2, 0.25) is 0 Å². The molecule has 1 aliphatic carbocycles. The maximum absolute atomic E-state index is 6.33. The van der Waals surface area contributed by atoms with E-state index >= 15 is 0 Å². The summed E-state index contributed by atoms with van der Waals surface area (Å²) in [6.07, 6.45) is 7.93. The quantitative estimate of drug-likeness (QED) is 0.406. The largest absolute Gasteiger partial charge is 0.370 e. The van der Waals surface area contributed by atoms with Crippen LogP contribution in [0.3, 0.4) is 0 Å². The second-order valence-electron chi connectivity index (χ2n) is 7.40. The third-order valence-corrected chi connectivity index (χ3v) is 6.68. The molecule has 2 heterocycles. The molecule has 1 saturated carbocycles. The first kappa shape index (κ1) is 19.6. The molecule has 0 bridgehead atoms. The van der Waals surface area contributed by atoms with E-state index < -0.39 is 0 Å². The van der Waals surface area contributed by atoms with Crippen LogP contribution in [-0.2, 0) is 0 Å². The fraction of sp³-hybridized carbons (Fsp3) is 0.941. The Morgan fingerprint density at radius 3 is 2.52 bits per heavy atom. The van der Waals surface area contributed by atoms with Gasteiger partial charge in [0, 0.05) is 43.2 Å². The maximum Gasteiger partial charge on any atom is 0.191 e. The molecule has 2 saturated heterocycles. The van der Waals surface area contributed by atoms with Crippen molar-refractivity contribution in [1.29, 1.82) is 0 Å². The summed E-state index contributed by atoms with van der Waals surface area (Å²) in [6.45, 7) is 7.88. The summed E-state index contributed by atoms with van der Waals surface area (Å²) in [7, 11) is 0. The van der Waals surface area contributed by atoms with Gasteiger partial charge < -0.3 is 10.6 Å². The van der Waals surface area contributed by atoms with Crippen LogP contribution < -0.4 is 5.73 Å². The van der Waals surface area contributed by atoms with Crippen LogP contribution in [0.15, 0.2) is 4.99 Å². The predicted molar refractivity (Wildman–Crippen MR) is 112 cm³/mol. The topological polar surface area (TPSA) is 44.9 Å². The number of aliphatic imine (C=N–C) groups is 1. The van der Waals surface area contributed by atoms with Gasteiger partial charge in [0.15, 0.2) is 5.96 Å². The van der Waals surface area contributed by atoms with Gasteiger partial charge >= 0.3 is 0 Å². The zero-order valence-electron chi connectivity index (χ0n) is 14.5. The Kier molecular flexibility index (Phi) is 7.79. The van der Waals surface area contributed by atoms with Crippen molar-refractivity contribution in [2.24, 2.45) is 16.6 Å². The highest BCUT2D eigenvalue weighted by molar-refractivity contribution is 14.0. The molecule has 4 nitrogen and oxygen atoms in total. The van der Waals surface area contributed by atoms with Gasteiger partial charge in [-0.25, -0.2) is 0 Å². The summed E-state index contributed by atoms with van der Waals surface area (Å²) in [5, 5.41) is 0. The number of rotatable bonds is 3. The van der Waals surface area contributed by atoms with Crippen LogP contribution in [-0.4, -0.2) is 65.5 Å². The summed E-state index contributed by atoms with van der Waals surface area (Å²) in [5.74, 6) is 4.11. The highest BCUT2D eigenvalue weighted by atomic mass is 127. The van der Waals surface area contributed by atoms with Crippen molar-refractivity contribution in [1.82, 2.24) is 9.80 Å². The second-order valence-corrected chi connectivity index (χ2v) is 8.62. The molecule has 0 amide bonds. The van der Waals surface area contributed by atoms with E-state index in [4.69, 9.17) is 10.7 Å². The van der Waals surface area contributed by atoms with Gasteiger partial charge in [-0.15, -0.1) is 24.0 Å². The monoisotopic (exact) mass is 452 g/mol. The number of halogens is 1. The minimum atomic E-state index is 0. The normalized spacial score (nSPS) is 29.3. The average Bonchev–Trinajstić information content (AvgIpc) is 3.04. The summed E-state index contributed by atoms with van der Waals surface area (Å²) >= 11 is 2.09. The Morgan fingerprint density at radius 2 is 1.87 bits per heavy atom. The first-order valence-corrected chi connectivity index (χ1v) is 10.2. The molecule has 2 aliphatic heterocycles. The molecule has 1 atom stereocenters. The zero-order chi connectivity index (χ0) is 15.4. The van der Waals surface area contributed by atoms with E-state index in [1.807, 2.05) is 0 Å². The highest BCUT2D eigenvalue weighted by Crippen LogP contribution is 2.37. The number of hydrogen-bond donors (Lipinski definition) is 1. The van der Waals surface area contributed by atoms with Crippen LogP contribution in [0.1, 0.15) is 45.4 Å². The van der Waals surface area contributed by atoms with E-state index in [0.29, 0.717) is 5.54 Å². The number of hydrogen-bond acceptors (Lipinski definition) is 3. The summed E-state index contributed by atoms with van der Waals surface area (Å²) < 4.78 is 0. The Balaban J connectivity index is 0.00000192. The fourth-order valence-corrected chi connectivity index (χ4v) is 5.27. The molecule has 0 aromatic heterocycles. The van der Waals surface area contributed by atoms with Gasteiger partial charge in [0.05, 0.1) is 6.54 Å². The Labute approximate surface area is 163 Å². The molecule has 3 rings (SSSR count). The number of nitrogens with two attached hydrogens (primary N) is 1. The minimum absolute atomic E-state index is 0. The smallest absolute Gasteiger partial charge is 0.191 e. The van der Waals surface area contributed by atoms with Gasteiger partial charge in [0.2, 0.25) is 0 Å². The van der Waals surface area contributed by atoms with Gasteiger partial charge in [-0.3, -0.25) is 9.89 Å². The van der Waals surface area contributed by atoms with Crippen molar-refractivity contribution in [3.8, 4) is 0 Å². The maximum atomic E-state index is 6.33. The fourth-order valence-electron chi connectivity index (χ4n) is 4.37. The first-order chi connectivity index (χ1) is 10.7. The van der Waals surface area contributed by atoms with E-state index in [1.165, 1.54) is 63.1 Å². The Bertz CT molecular complexity index is 392. The van der Waals surface area contributed by atoms with E-state index in [1.54, 1.807) is 0 Å². The van der Waals surface area contributed by atoms with Gasteiger partial charge in [-0.1, -0.05) is 19.8 Å². The van der Waals surface area contributed by atoms with Gasteiger partial charge in [0.1, 0.15) is 0 Å². The lowest BCUT2D eigenvalue weighted by molar-refractivity contribution is 0.112. The van der Waals surface area contributed by atoms with Gasteiger partial charge in [-0.05, 0) is 31.6 Å². The van der Waals surface area contributed by atoms with Crippen molar-refractivity contribution in [2.75, 3.05) is 44.2 Å². The third kappa shape index (κ3) is 4.91. The lowest BCUT2D eigenvalue weighted by atomic mass is 9.95. The molecule has 0 radical (unpaired) electrons. The van der Waals surface area contributed by atoms with Crippen molar-refractivity contribution in [2.45, 2.75) is 51.0 Å². The van der Waals surface area contributed by atoms with Crippen molar-refractivity contribution in [3.63, 3.8) is 0 Å². The number of likely N-dealkylation sites (tertiary alicyclic amines) is 1. The lowest BCUT2D eigenvalue weighted by Crippen LogP contribution is -2.53. The highest BCUT2D eigenvalue weighted by Gasteiger charge is 2.40. The molecular weight excluding hydrogens is 419 g/mol. The molecule has 3 aliphatic rings. The summed E-state index contributed by atoms with van der Waals surface area (Å²) in [5.41, 5.74) is 6.64. The number of piperidine rings is 1. The van der Waals surface area contributed by atoms with Crippen LogP contribution in [0.4, 0.5) is 0 Å². The molecule has 2 N–H and O–H groups in total. The lowest BCUT2D eigenvalue weighted by Gasteiger charge is -2.43. The molecule has 0 spiro atoms. The average molecular weight is 452 g/mol. The van der Waals surface area contributed by atoms with E-state index in [0.717, 1.165) is 31.5 Å². The standard InChI is InChI=1S/C17H32N4S.HI/c1-15-5-4-8-20(13-15)16(18)19-14-17(6-2-3-7-17)21-9-11-22-12-10-21;/h15H,2-14H2,1H3,(H2,18,19);1H. The molecule has 23 heavy (non-hydrogen) atoms. The van der Waals surface area contributed by atoms with Crippen LogP contribution in [0.5, 0.6) is 0 Å². The molecule has 6 heteroatoms. The van der Waals surface area contributed by atoms with Crippen LogP contribution in [0.25, 0.3) is 0 Å². The van der Waals surface area contributed by atoms with E-state index in [9.17, 15) is 0 Å². The summed E-state index contributed by atoms with van der Waals surface area (Å²) in [4.78, 5) is 9.92. The molecule has 0 aromatic rings. The predicted octanol–water partition coefficient (Wildman–Crippen LogP) is 3.01. The van der Waals surface area contributed by atoms with Gasteiger partial charge in [0.25, 0.3) is 0 Å². The molecule has 3 fully saturated rings. The van der Waals surface area contributed by atoms with E-state index in [-0.39, 0.29) is 24.0 Å². The molecule has 0 aromatic carbocycles. The van der Waals surface area contributed by atoms with Crippen molar-refractivity contribution in [3.05, 3.63) is 0 Å². The van der Waals surface area contributed by atoms with Crippen molar-refractivity contribution >= 4 is 41.7 Å². The van der Waals surface area contributed by atoms with Crippen LogP contribution >= 0.6 is 35.7 Å². The molecule has 134 valence electrons. The Morgan fingerprint density at radius 1 is 1.17 bits per heavy atom. The zero-order valence-corrected chi connectivity index (χ0v) is 17.7. The van der Waals surface area contributed by atoms with Gasteiger partial charge in [-0.2, -0.15) is 11.8 Å².